The first-order valence-corrected chi connectivity index (χ1v) is 6.63. The summed E-state index contributed by atoms with van der Waals surface area (Å²) < 4.78 is 0. The van der Waals surface area contributed by atoms with Crippen LogP contribution < -0.4 is 5.32 Å². The minimum atomic E-state index is -0.983. The summed E-state index contributed by atoms with van der Waals surface area (Å²) in [5.41, 5.74) is 1.70. The number of aromatic nitrogens is 2. The molecule has 0 bridgehead atoms. The summed E-state index contributed by atoms with van der Waals surface area (Å²) >= 11 is 0. The Morgan fingerprint density at radius 1 is 1.32 bits per heavy atom. The number of carbonyl (C=O) groups is 1. The molecule has 0 aliphatic heterocycles. The lowest BCUT2D eigenvalue weighted by Crippen LogP contribution is -2.39. The Hall–Kier alpha value is -1.69. The van der Waals surface area contributed by atoms with Gasteiger partial charge in [-0.2, -0.15) is 5.10 Å². The molecule has 0 spiro atoms. The number of aliphatic hydroxyl groups is 1. The maximum atomic E-state index is 11.5. The number of hydrogen-bond donors (Lipinski definition) is 3. The van der Waals surface area contributed by atoms with E-state index in [4.69, 9.17) is 0 Å². The third-order valence-electron chi connectivity index (χ3n) is 3.51. The van der Waals surface area contributed by atoms with Crippen LogP contribution in [0.3, 0.4) is 0 Å². The van der Waals surface area contributed by atoms with E-state index in [9.17, 15) is 15.0 Å². The van der Waals surface area contributed by atoms with Gasteiger partial charge in [-0.25, -0.2) is 4.79 Å². The number of rotatable bonds is 5. The number of aliphatic hydroxyl groups excluding tert-OH is 1. The van der Waals surface area contributed by atoms with Crippen LogP contribution in [0, 0.1) is 0 Å². The number of carboxylic acid groups (broad SMARTS) is 1. The highest BCUT2D eigenvalue weighted by Crippen LogP contribution is 2.27. The molecule has 0 radical (unpaired) electrons. The van der Waals surface area contributed by atoms with Crippen LogP contribution in [0.4, 0.5) is 5.82 Å². The quantitative estimate of drug-likeness (QED) is 0.741. The molecular formula is C13H19N3O3. The third-order valence-corrected chi connectivity index (χ3v) is 3.51. The van der Waals surface area contributed by atoms with Gasteiger partial charge in [-0.05, 0) is 31.2 Å². The molecule has 1 aromatic rings. The van der Waals surface area contributed by atoms with Crippen molar-refractivity contribution in [1.82, 2.24) is 10.2 Å². The predicted molar refractivity (Wildman–Crippen MR) is 70.4 cm³/mol. The lowest BCUT2D eigenvalue weighted by atomic mass is 9.89. The largest absolute Gasteiger partial charge is 0.478 e. The highest BCUT2D eigenvalue weighted by atomic mass is 16.4. The minimum absolute atomic E-state index is 0.0829. The molecule has 104 valence electrons. The van der Waals surface area contributed by atoms with E-state index in [0.29, 0.717) is 31.5 Å². The van der Waals surface area contributed by atoms with Gasteiger partial charge in [0.1, 0.15) is 5.56 Å². The fourth-order valence-electron chi connectivity index (χ4n) is 2.40. The van der Waals surface area contributed by atoms with E-state index in [2.05, 4.69) is 15.5 Å². The maximum Gasteiger partial charge on any atom is 0.339 e. The third kappa shape index (κ3) is 2.68. The summed E-state index contributed by atoms with van der Waals surface area (Å²) in [5.74, 6) is -0.665. The number of aromatic carboxylic acids is 1. The van der Waals surface area contributed by atoms with E-state index in [1.807, 2.05) is 13.8 Å². The zero-order valence-electron chi connectivity index (χ0n) is 11.2. The van der Waals surface area contributed by atoms with Crippen molar-refractivity contribution in [2.75, 3.05) is 5.32 Å². The van der Waals surface area contributed by atoms with Gasteiger partial charge in [-0.15, -0.1) is 5.10 Å². The molecule has 3 N–H and O–H groups in total. The predicted octanol–water partition coefficient (Wildman–Crippen LogP) is 1.23. The molecule has 0 aromatic carbocycles. The number of hydrogen-bond acceptors (Lipinski definition) is 5. The van der Waals surface area contributed by atoms with Crippen LogP contribution >= 0.6 is 0 Å². The Labute approximate surface area is 111 Å². The monoisotopic (exact) mass is 265 g/mol. The Morgan fingerprint density at radius 2 is 2.00 bits per heavy atom. The second-order valence-electron chi connectivity index (χ2n) is 4.83. The average Bonchev–Trinajstić information content (AvgIpc) is 2.35. The highest BCUT2D eigenvalue weighted by Gasteiger charge is 2.29. The fraction of sp³-hybridized carbons (Fsp3) is 0.615. The van der Waals surface area contributed by atoms with Crippen molar-refractivity contribution in [3.05, 3.63) is 16.8 Å². The number of nitrogens with one attached hydrogen (secondary N) is 1. The van der Waals surface area contributed by atoms with Gasteiger partial charge in [0.15, 0.2) is 5.82 Å². The molecule has 6 nitrogen and oxygen atoms in total. The van der Waals surface area contributed by atoms with E-state index in [1.165, 1.54) is 0 Å². The van der Waals surface area contributed by atoms with Gasteiger partial charge in [0.25, 0.3) is 0 Å². The van der Waals surface area contributed by atoms with Gasteiger partial charge in [0.2, 0.25) is 0 Å². The molecule has 0 amide bonds. The minimum Gasteiger partial charge on any atom is -0.478 e. The van der Waals surface area contributed by atoms with Crippen molar-refractivity contribution in [2.45, 2.75) is 51.7 Å². The van der Waals surface area contributed by atoms with Crippen molar-refractivity contribution >= 4 is 11.8 Å². The van der Waals surface area contributed by atoms with Crippen LogP contribution in [0.15, 0.2) is 0 Å². The number of nitrogens with zero attached hydrogens (tertiary/aromatic N) is 2. The zero-order valence-corrected chi connectivity index (χ0v) is 11.2. The second-order valence-corrected chi connectivity index (χ2v) is 4.83. The summed E-state index contributed by atoms with van der Waals surface area (Å²) in [7, 11) is 0. The van der Waals surface area contributed by atoms with E-state index in [1.54, 1.807) is 0 Å². The van der Waals surface area contributed by atoms with Crippen LogP contribution in [-0.2, 0) is 12.8 Å². The normalized spacial score (nSPS) is 21.8. The first-order valence-electron chi connectivity index (χ1n) is 6.63. The summed E-state index contributed by atoms with van der Waals surface area (Å²) in [5, 5.41) is 29.8. The summed E-state index contributed by atoms with van der Waals surface area (Å²) in [6.07, 6.45) is 2.23. The van der Waals surface area contributed by atoms with E-state index < -0.39 is 5.97 Å². The molecule has 6 heteroatoms. The van der Waals surface area contributed by atoms with Crippen molar-refractivity contribution < 1.29 is 15.0 Å². The molecule has 0 saturated heterocycles. The topological polar surface area (TPSA) is 95.3 Å². The zero-order chi connectivity index (χ0) is 14.0. The molecule has 1 aliphatic carbocycles. The first-order chi connectivity index (χ1) is 9.06. The fourth-order valence-corrected chi connectivity index (χ4v) is 2.40. The van der Waals surface area contributed by atoms with Gasteiger partial charge in [0.05, 0.1) is 11.8 Å². The lowest BCUT2D eigenvalue weighted by molar-refractivity contribution is 0.0695. The molecule has 1 saturated carbocycles. The number of anilines is 1. The summed E-state index contributed by atoms with van der Waals surface area (Å²) in [6, 6.07) is 0.0829. The van der Waals surface area contributed by atoms with Crippen LogP contribution in [-0.4, -0.2) is 38.5 Å². The van der Waals surface area contributed by atoms with Crippen molar-refractivity contribution in [3.8, 4) is 0 Å². The molecule has 2 rings (SSSR count). The Kier molecular flexibility index (Phi) is 3.99. The highest BCUT2D eigenvalue weighted by molar-refractivity contribution is 5.95. The van der Waals surface area contributed by atoms with Gasteiger partial charge < -0.3 is 15.5 Å². The molecule has 1 aromatic heterocycles. The van der Waals surface area contributed by atoms with Gasteiger partial charge in [0, 0.05) is 6.04 Å². The maximum absolute atomic E-state index is 11.5. The molecule has 19 heavy (non-hydrogen) atoms. The van der Waals surface area contributed by atoms with Gasteiger partial charge in [-0.1, -0.05) is 13.8 Å². The van der Waals surface area contributed by atoms with Crippen molar-refractivity contribution in [3.63, 3.8) is 0 Å². The van der Waals surface area contributed by atoms with Crippen LogP contribution in [0.5, 0.6) is 0 Å². The van der Waals surface area contributed by atoms with Crippen LogP contribution in [0.25, 0.3) is 0 Å². The molecule has 0 atom stereocenters. The molecule has 1 aliphatic rings. The number of carboxylic acids is 1. The van der Waals surface area contributed by atoms with E-state index >= 15 is 0 Å². The van der Waals surface area contributed by atoms with Crippen LogP contribution in [0.1, 0.15) is 48.3 Å². The standard InChI is InChI=1S/C13H19N3O3/c1-3-9-10(4-2)15-16-12(11(9)13(18)19)14-7-5-8(17)6-7/h7-8,17H,3-6H2,1-2H3,(H,14,16)(H,18,19). The first kappa shape index (κ1) is 13.7. The van der Waals surface area contributed by atoms with E-state index in [0.717, 1.165) is 11.3 Å². The van der Waals surface area contributed by atoms with Crippen molar-refractivity contribution in [1.29, 1.82) is 0 Å². The number of aryl methyl sites for hydroxylation is 1. The summed E-state index contributed by atoms with van der Waals surface area (Å²) in [4.78, 5) is 11.5. The second kappa shape index (κ2) is 5.52. The van der Waals surface area contributed by atoms with Crippen molar-refractivity contribution in [2.24, 2.45) is 0 Å². The molecule has 0 unspecified atom stereocenters. The Balaban J connectivity index is 2.34. The lowest BCUT2D eigenvalue weighted by Gasteiger charge is -2.32. The van der Waals surface area contributed by atoms with Gasteiger partial charge in [-0.3, -0.25) is 0 Å². The SMILES string of the molecule is CCc1nnc(NC2CC(O)C2)c(C(=O)O)c1CC. The summed E-state index contributed by atoms with van der Waals surface area (Å²) in [6.45, 7) is 3.85. The Bertz CT molecular complexity index is 484. The van der Waals surface area contributed by atoms with E-state index in [-0.39, 0.29) is 17.7 Å². The average molecular weight is 265 g/mol. The van der Waals surface area contributed by atoms with Gasteiger partial charge >= 0.3 is 5.97 Å². The van der Waals surface area contributed by atoms with Crippen LogP contribution in [0.2, 0.25) is 0 Å². The molecule has 1 fully saturated rings. The Morgan fingerprint density at radius 3 is 2.47 bits per heavy atom. The molecule has 1 heterocycles. The smallest absolute Gasteiger partial charge is 0.339 e. The molecular weight excluding hydrogens is 246 g/mol.